The zero-order chi connectivity index (χ0) is 17.3. The number of nitrogens with zero attached hydrogens (tertiary/aromatic N) is 2. The van der Waals surface area contributed by atoms with Crippen molar-refractivity contribution in [2.45, 2.75) is 0 Å². The molecule has 0 aliphatic carbocycles. The summed E-state index contributed by atoms with van der Waals surface area (Å²) in [6, 6.07) is 23.3. The Morgan fingerprint density at radius 2 is 1.46 bits per heavy atom. The van der Waals surface area contributed by atoms with Crippen LogP contribution >= 0.6 is 11.3 Å². The Labute approximate surface area is 153 Å². The van der Waals surface area contributed by atoms with Gasteiger partial charge in [-0.05, 0) is 30.3 Å². The SMILES string of the molecule is Nn1c2ccccc2c2ccc3c(c4cscc4n3-c3ccccc3)c21. The number of para-hydroxylation sites is 2. The third kappa shape index (κ3) is 1.62. The predicted molar refractivity (Wildman–Crippen MR) is 112 cm³/mol. The molecule has 0 atom stereocenters. The Hall–Kier alpha value is -3.24. The maximum absolute atomic E-state index is 6.56. The minimum Gasteiger partial charge on any atom is -0.339 e. The van der Waals surface area contributed by atoms with Crippen LogP contribution in [-0.2, 0) is 0 Å². The molecule has 0 radical (unpaired) electrons. The van der Waals surface area contributed by atoms with Gasteiger partial charge in [0.2, 0.25) is 0 Å². The maximum atomic E-state index is 6.56. The lowest BCUT2D eigenvalue weighted by atomic mass is 10.1. The van der Waals surface area contributed by atoms with E-state index in [9.17, 15) is 0 Å². The van der Waals surface area contributed by atoms with Crippen LogP contribution in [0, 0.1) is 0 Å². The van der Waals surface area contributed by atoms with Crippen molar-refractivity contribution >= 4 is 54.9 Å². The summed E-state index contributed by atoms with van der Waals surface area (Å²) in [4.78, 5) is 0. The normalized spacial score (nSPS) is 12.0. The number of aromatic nitrogens is 2. The second-order valence-electron chi connectivity index (χ2n) is 6.58. The molecule has 6 aromatic rings. The summed E-state index contributed by atoms with van der Waals surface area (Å²) in [7, 11) is 0. The first kappa shape index (κ1) is 14.0. The first-order valence-electron chi connectivity index (χ1n) is 8.57. The van der Waals surface area contributed by atoms with Gasteiger partial charge in [-0.1, -0.05) is 36.4 Å². The largest absolute Gasteiger partial charge is 0.339 e. The van der Waals surface area contributed by atoms with Gasteiger partial charge >= 0.3 is 0 Å². The van der Waals surface area contributed by atoms with Crippen LogP contribution in [-0.4, -0.2) is 9.24 Å². The van der Waals surface area contributed by atoms with Crippen molar-refractivity contribution in [1.82, 2.24) is 9.24 Å². The van der Waals surface area contributed by atoms with Crippen LogP contribution in [0.4, 0.5) is 0 Å². The Morgan fingerprint density at radius 3 is 2.35 bits per heavy atom. The van der Waals surface area contributed by atoms with E-state index in [1.54, 1.807) is 11.3 Å². The molecule has 124 valence electrons. The van der Waals surface area contributed by atoms with Crippen molar-refractivity contribution in [3.8, 4) is 5.69 Å². The molecule has 3 nitrogen and oxygen atoms in total. The average molecular weight is 353 g/mol. The highest BCUT2D eigenvalue weighted by molar-refractivity contribution is 7.09. The van der Waals surface area contributed by atoms with Crippen LogP contribution in [0.3, 0.4) is 0 Å². The van der Waals surface area contributed by atoms with E-state index in [4.69, 9.17) is 5.84 Å². The zero-order valence-electron chi connectivity index (χ0n) is 13.9. The highest BCUT2D eigenvalue weighted by Gasteiger charge is 2.19. The number of thiophene rings is 1. The van der Waals surface area contributed by atoms with Gasteiger partial charge in [0.05, 0.1) is 22.1 Å². The molecule has 4 heteroatoms. The highest BCUT2D eigenvalue weighted by atomic mass is 32.1. The summed E-state index contributed by atoms with van der Waals surface area (Å²) in [6.07, 6.45) is 0. The first-order chi connectivity index (χ1) is 12.8. The lowest BCUT2D eigenvalue weighted by molar-refractivity contribution is 1.12. The molecule has 3 aromatic carbocycles. The molecule has 0 spiro atoms. The lowest BCUT2D eigenvalue weighted by Crippen LogP contribution is -2.06. The molecular weight excluding hydrogens is 338 g/mol. The van der Waals surface area contributed by atoms with E-state index in [1.807, 2.05) is 10.7 Å². The third-order valence-electron chi connectivity index (χ3n) is 5.26. The fourth-order valence-corrected chi connectivity index (χ4v) is 4.97. The van der Waals surface area contributed by atoms with Gasteiger partial charge in [0.1, 0.15) is 0 Å². The molecule has 26 heavy (non-hydrogen) atoms. The van der Waals surface area contributed by atoms with E-state index in [1.165, 1.54) is 38.3 Å². The number of fused-ring (bicyclic) bond motifs is 7. The topological polar surface area (TPSA) is 35.9 Å². The molecule has 0 aliphatic rings. The third-order valence-corrected chi connectivity index (χ3v) is 5.99. The summed E-state index contributed by atoms with van der Waals surface area (Å²) in [5, 5.41) is 9.33. The number of nitrogens with two attached hydrogens (primary N) is 1. The molecule has 2 N–H and O–H groups in total. The van der Waals surface area contributed by atoms with Gasteiger partial charge < -0.3 is 10.4 Å². The predicted octanol–water partition coefficient (Wildman–Crippen LogP) is 5.67. The van der Waals surface area contributed by atoms with Crippen molar-refractivity contribution in [2.24, 2.45) is 0 Å². The molecule has 0 fully saturated rings. The second-order valence-corrected chi connectivity index (χ2v) is 7.33. The molecule has 0 bridgehead atoms. The number of benzene rings is 3. The summed E-state index contributed by atoms with van der Waals surface area (Å²) in [5.74, 6) is 6.56. The van der Waals surface area contributed by atoms with E-state index in [2.05, 4.69) is 76.0 Å². The number of nitrogen functional groups attached to an aromatic ring is 1. The van der Waals surface area contributed by atoms with Crippen molar-refractivity contribution < 1.29 is 0 Å². The van der Waals surface area contributed by atoms with Gasteiger partial charge in [-0.2, -0.15) is 0 Å². The molecule has 0 amide bonds. The summed E-state index contributed by atoms with van der Waals surface area (Å²) >= 11 is 1.73. The Bertz CT molecular complexity index is 1430. The van der Waals surface area contributed by atoms with E-state index >= 15 is 0 Å². The van der Waals surface area contributed by atoms with Crippen LogP contribution in [0.2, 0.25) is 0 Å². The first-order valence-corrected chi connectivity index (χ1v) is 9.52. The van der Waals surface area contributed by atoms with Crippen molar-refractivity contribution in [3.63, 3.8) is 0 Å². The fourth-order valence-electron chi connectivity index (χ4n) is 4.17. The standard InChI is InChI=1S/C22H15N3S/c23-25-18-9-5-4-8-15(18)16-10-11-19-21(22(16)25)17-12-26-13-20(17)24(19)14-6-2-1-3-7-14/h1-13H,23H2. The molecule has 3 heterocycles. The molecule has 0 saturated heterocycles. The van der Waals surface area contributed by atoms with Crippen LogP contribution in [0.15, 0.2) is 77.5 Å². The van der Waals surface area contributed by atoms with E-state index in [0.29, 0.717) is 0 Å². The molecule has 0 aliphatic heterocycles. The second kappa shape index (κ2) is 4.90. The quantitative estimate of drug-likeness (QED) is 0.380. The molecule has 0 saturated carbocycles. The van der Waals surface area contributed by atoms with Crippen LogP contribution in [0.25, 0.3) is 49.3 Å². The van der Waals surface area contributed by atoms with Gasteiger partial charge in [0.15, 0.2) is 0 Å². The number of hydrogen-bond acceptors (Lipinski definition) is 2. The minimum atomic E-state index is 1.06. The smallest absolute Gasteiger partial charge is 0.0804 e. The van der Waals surface area contributed by atoms with Crippen LogP contribution in [0.5, 0.6) is 0 Å². The summed E-state index contributed by atoms with van der Waals surface area (Å²) < 4.78 is 4.18. The summed E-state index contributed by atoms with van der Waals surface area (Å²) in [5.41, 5.74) is 5.75. The van der Waals surface area contributed by atoms with Crippen LogP contribution in [0.1, 0.15) is 0 Å². The molecule has 6 rings (SSSR count). The van der Waals surface area contributed by atoms with Crippen molar-refractivity contribution in [2.75, 3.05) is 5.84 Å². The van der Waals surface area contributed by atoms with E-state index in [-0.39, 0.29) is 0 Å². The molecule has 0 unspecified atom stereocenters. The van der Waals surface area contributed by atoms with Gasteiger partial charge in [-0.25, -0.2) is 0 Å². The van der Waals surface area contributed by atoms with Crippen molar-refractivity contribution in [3.05, 3.63) is 77.5 Å². The fraction of sp³-hybridized carbons (Fsp3) is 0. The molecular formula is C22H15N3S. The molecule has 3 aromatic heterocycles. The Kier molecular flexibility index (Phi) is 2.63. The lowest BCUT2D eigenvalue weighted by Gasteiger charge is -2.07. The van der Waals surface area contributed by atoms with E-state index < -0.39 is 0 Å². The monoisotopic (exact) mass is 353 g/mol. The maximum Gasteiger partial charge on any atom is 0.0804 e. The minimum absolute atomic E-state index is 1.06. The van der Waals surface area contributed by atoms with Gasteiger partial charge in [0.25, 0.3) is 0 Å². The number of rotatable bonds is 1. The van der Waals surface area contributed by atoms with Gasteiger partial charge in [-0.3, -0.25) is 4.68 Å². The van der Waals surface area contributed by atoms with Crippen LogP contribution < -0.4 is 5.84 Å². The van der Waals surface area contributed by atoms with Gasteiger partial charge in [-0.15, -0.1) is 11.3 Å². The summed E-state index contributed by atoms with van der Waals surface area (Å²) in [6.45, 7) is 0. The van der Waals surface area contributed by atoms with Gasteiger partial charge in [0, 0.05) is 38.0 Å². The average Bonchev–Trinajstić information content (AvgIpc) is 3.35. The van der Waals surface area contributed by atoms with E-state index in [0.717, 1.165) is 11.0 Å². The highest BCUT2D eigenvalue weighted by Crippen LogP contribution is 2.40. The zero-order valence-corrected chi connectivity index (χ0v) is 14.7. The Balaban J connectivity index is 1.91. The van der Waals surface area contributed by atoms with Crippen molar-refractivity contribution in [1.29, 1.82) is 0 Å². The Morgan fingerprint density at radius 1 is 0.654 bits per heavy atom. The number of hydrogen-bond donors (Lipinski definition) is 1.